The van der Waals surface area contributed by atoms with Crippen LogP contribution in [0.15, 0.2) is 48.6 Å². The number of hydrogen-bond donors (Lipinski definition) is 0. The molecule has 0 aliphatic heterocycles. The highest BCUT2D eigenvalue weighted by atomic mass is 31.2. The number of rotatable bonds is 60. The molecule has 0 rings (SSSR count). The van der Waals surface area contributed by atoms with Gasteiger partial charge in [0.2, 0.25) is 0 Å². The van der Waals surface area contributed by atoms with Gasteiger partial charge in [-0.1, -0.05) is 268 Å². The third-order valence-electron chi connectivity index (χ3n) is 14.3. The monoisotopic (exact) mass is 1090 g/mol. The number of nitrogens with zero attached hydrogens (tertiary/aromatic N) is 1. The van der Waals surface area contributed by atoms with Gasteiger partial charge in [-0.05, 0) is 77.0 Å². The smallest absolute Gasteiger partial charge is 0.306 e. The number of phosphoric acid groups is 1. The average Bonchev–Trinajstić information content (AvgIpc) is 3.38. The number of carbonyl (C=O) groups excluding carboxylic acids is 2. The zero-order valence-corrected chi connectivity index (χ0v) is 51.6. The van der Waals surface area contributed by atoms with E-state index in [1.54, 1.807) is 0 Å². The van der Waals surface area contributed by atoms with Crippen molar-refractivity contribution in [3.8, 4) is 0 Å². The van der Waals surface area contributed by atoms with Crippen LogP contribution in [0.5, 0.6) is 0 Å². The van der Waals surface area contributed by atoms with Gasteiger partial charge in [0.1, 0.15) is 19.8 Å². The number of phosphoric ester groups is 1. The van der Waals surface area contributed by atoms with E-state index in [9.17, 15) is 19.0 Å². The number of carbonyl (C=O) groups is 2. The lowest BCUT2D eigenvalue weighted by molar-refractivity contribution is -0.870. The first kappa shape index (κ1) is 74.0. The Bertz CT molecular complexity index is 1420. The Morgan fingerprint density at radius 1 is 0.408 bits per heavy atom. The van der Waals surface area contributed by atoms with Crippen LogP contribution >= 0.6 is 7.82 Å². The molecule has 0 aliphatic rings. The summed E-state index contributed by atoms with van der Waals surface area (Å²) in [5.41, 5.74) is 0. The molecule has 2 unspecified atom stereocenters. The fourth-order valence-corrected chi connectivity index (χ4v) is 10.0. The minimum absolute atomic E-state index is 0.0305. The maximum Gasteiger partial charge on any atom is 0.306 e. The second kappa shape index (κ2) is 57.6. The highest BCUT2D eigenvalue weighted by Gasteiger charge is 2.22. The standard InChI is InChI=1S/C66H124NO8P/c1-6-8-10-12-14-16-18-20-21-22-23-24-25-26-27-28-29-30-31-32-33-34-35-36-37-38-39-40-41-42-43-44-45-47-49-51-53-55-57-59-66(69)75-64(63-74-76(70,71)73-61-60-67(3,4)5)62-72-65(68)58-56-54-52-50-48-46-19-17-15-13-11-9-7-2/h17-20,22-23,25-26,64H,6-16,21,24,27-63H2,1-5H3/b19-17-,20-18-,23-22-,26-25-. The van der Waals surface area contributed by atoms with Gasteiger partial charge in [-0.2, -0.15) is 0 Å². The second-order valence-electron chi connectivity index (χ2n) is 23.1. The van der Waals surface area contributed by atoms with Crippen molar-refractivity contribution in [2.75, 3.05) is 47.5 Å². The molecule has 0 fully saturated rings. The van der Waals surface area contributed by atoms with Crippen LogP contribution in [0.4, 0.5) is 0 Å². The average molecular weight is 1090 g/mol. The molecule has 0 amide bonds. The van der Waals surface area contributed by atoms with Crippen molar-refractivity contribution < 1.29 is 42.1 Å². The summed E-state index contributed by atoms with van der Waals surface area (Å²) in [6, 6.07) is 0. The molecule has 0 aromatic rings. The fourth-order valence-electron chi connectivity index (χ4n) is 9.31. The van der Waals surface area contributed by atoms with E-state index in [2.05, 4.69) is 62.5 Å². The van der Waals surface area contributed by atoms with Crippen molar-refractivity contribution in [3.63, 3.8) is 0 Å². The van der Waals surface area contributed by atoms with Crippen molar-refractivity contribution in [3.05, 3.63) is 48.6 Å². The lowest BCUT2D eigenvalue weighted by atomic mass is 10.0. The first-order chi connectivity index (χ1) is 37.0. The van der Waals surface area contributed by atoms with Gasteiger partial charge < -0.3 is 27.9 Å². The second-order valence-corrected chi connectivity index (χ2v) is 24.5. The van der Waals surface area contributed by atoms with Crippen LogP contribution in [-0.4, -0.2) is 70.0 Å². The third-order valence-corrected chi connectivity index (χ3v) is 15.3. The molecule has 0 heterocycles. The van der Waals surface area contributed by atoms with Crippen molar-refractivity contribution in [1.29, 1.82) is 0 Å². The SMILES string of the molecule is CCCCCC/C=C\CCCCCCCC(=O)OCC(COP(=O)([O-])OCC[N+](C)(C)C)OC(=O)CCCCCCCCCCCCCCCCCCCCCCCCCC/C=C\C/C=C\C/C=C\CCCCCCC. The Labute approximate surface area is 471 Å². The van der Waals surface area contributed by atoms with Gasteiger partial charge in [-0.15, -0.1) is 0 Å². The molecule has 0 spiro atoms. The normalized spacial score (nSPS) is 13.5. The predicted octanol–water partition coefficient (Wildman–Crippen LogP) is 19.9. The van der Waals surface area contributed by atoms with Gasteiger partial charge in [0.05, 0.1) is 27.7 Å². The van der Waals surface area contributed by atoms with Crippen LogP contribution in [0, 0.1) is 0 Å². The molecular formula is C66H124NO8P. The Hall–Kier alpha value is -2.03. The van der Waals surface area contributed by atoms with Gasteiger partial charge in [0.15, 0.2) is 6.10 Å². The van der Waals surface area contributed by atoms with E-state index in [1.807, 2.05) is 21.1 Å². The molecule has 76 heavy (non-hydrogen) atoms. The fraction of sp³-hybridized carbons (Fsp3) is 0.848. The molecule has 9 nitrogen and oxygen atoms in total. The number of quaternary nitrogens is 1. The van der Waals surface area contributed by atoms with Crippen LogP contribution < -0.4 is 4.89 Å². The van der Waals surface area contributed by atoms with E-state index in [-0.39, 0.29) is 32.0 Å². The summed E-state index contributed by atoms with van der Waals surface area (Å²) in [6.45, 7) is 4.23. The first-order valence-corrected chi connectivity index (χ1v) is 33.8. The summed E-state index contributed by atoms with van der Waals surface area (Å²) >= 11 is 0. The molecule has 2 atom stereocenters. The Morgan fingerprint density at radius 3 is 1.08 bits per heavy atom. The molecule has 446 valence electrons. The van der Waals surface area contributed by atoms with Crippen molar-refractivity contribution >= 4 is 19.8 Å². The Balaban J connectivity index is 3.88. The summed E-state index contributed by atoms with van der Waals surface area (Å²) < 4.78 is 34.1. The number of hydrogen-bond acceptors (Lipinski definition) is 8. The van der Waals surface area contributed by atoms with Crippen LogP contribution in [-0.2, 0) is 32.7 Å². The first-order valence-electron chi connectivity index (χ1n) is 32.3. The number of likely N-dealkylation sites (N-methyl/N-ethyl adjacent to an activating group) is 1. The summed E-state index contributed by atoms with van der Waals surface area (Å²) in [5.74, 6) is -0.831. The third kappa shape index (κ3) is 61.2. The minimum Gasteiger partial charge on any atom is -0.756 e. The van der Waals surface area contributed by atoms with Gasteiger partial charge in [0.25, 0.3) is 7.82 Å². The molecule has 0 saturated heterocycles. The zero-order chi connectivity index (χ0) is 55.6. The lowest BCUT2D eigenvalue weighted by Gasteiger charge is -2.28. The van der Waals surface area contributed by atoms with Crippen molar-refractivity contribution in [2.24, 2.45) is 0 Å². The molecule has 0 aromatic carbocycles. The van der Waals surface area contributed by atoms with Crippen molar-refractivity contribution in [2.45, 2.75) is 315 Å². The molecular weight excluding hydrogens is 966 g/mol. The van der Waals surface area contributed by atoms with Crippen LogP contribution in [0.3, 0.4) is 0 Å². The summed E-state index contributed by atoms with van der Waals surface area (Å²) in [6.07, 6.45) is 73.5. The van der Waals surface area contributed by atoms with Gasteiger partial charge in [0, 0.05) is 12.8 Å². The van der Waals surface area contributed by atoms with Crippen LogP contribution in [0.1, 0.15) is 309 Å². The summed E-state index contributed by atoms with van der Waals surface area (Å²) in [4.78, 5) is 37.8. The predicted molar refractivity (Wildman–Crippen MR) is 324 cm³/mol. The van der Waals surface area contributed by atoms with Crippen LogP contribution in [0.2, 0.25) is 0 Å². The molecule has 10 heteroatoms. The number of allylic oxidation sites excluding steroid dienone is 8. The van der Waals surface area contributed by atoms with E-state index >= 15 is 0 Å². The van der Waals surface area contributed by atoms with E-state index in [4.69, 9.17) is 18.5 Å². The maximum absolute atomic E-state index is 12.8. The van der Waals surface area contributed by atoms with E-state index < -0.39 is 26.5 Å². The summed E-state index contributed by atoms with van der Waals surface area (Å²) in [5, 5.41) is 0. The molecule has 0 N–H and O–H groups in total. The molecule has 0 radical (unpaired) electrons. The van der Waals surface area contributed by atoms with Crippen molar-refractivity contribution in [1.82, 2.24) is 0 Å². The maximum atomic E-state index is 12.8. The van der Waals surface area contributed by atoms with E-state index in [1.165, 1.54) is 212 Å². The van der Waals surface area contributed by atoms with Gasteiger partial charge in [-0.25, -0.2) is 0 Å². The van der Waals surface area contributed by atoms with Gasteiger partial charge in [-0.3, -0.25) is 14.2 Å². The largest absolute Gasteiger partial charge is 0.756 e. The Morgan fingerprint density at radius 2 is 0.711 bits per heavy atom. The number of ether oxygens (including phenoxy) is 2. The summed E-state index contributed by atoms with van der Waals surface area (Å²) in [7, 11) is 1.17. The highest BCUT2D eigenvalue weighted by Crippen LogP contribution is 2.38. The molecule has 0 bridgehead atoms. The molecule has 0 aliphatic carbocycles. The molecule has 0 saturated carbocycles. The topological polar surface area (TPSA) is 111 Å². The lowest BCUT2D eigenvalue weighted by Crippen LogP contribution is -2.37. The van der Waals surface area contributed by atoms with Crippen LogP contribution in [0.25, 0.3) is 0 Å². The zero-order valence-electron chi connectivity index (χ0n) is 50.7. The number of esters is 2. The molecule has 0 aromatic heterocycles. The number of unbranched alkanes of at least 4 members (excludes halogenated alkanes) is 38. The quantitative estimate of drug-likeness (QED) is 0.0195. The minimum atomic E-state index is -4.63. The van der Waals surface area contributed by atoms with E-state index in [0.29, 0.717) is 17.4 Å². The van der Waals surface area contributed by atoms with E-state index in [0.717, 1.165) is 64.2 Å². The highest BCUT2D eigenvalue weighted by molar-refractivity contribution is 7.45. The Kier molecular flexibility index (Phi) is 56.1. The van der Waals surface area contributed by atoms with Gasteiger partial charge >= 0.3 is 11.9 Å².